The van der Waals surface area contributed by atoms with E-state index in [2.05, 4.69) is 5.32 Å². The zero-order valence-electron chi connectivity index (χ0n) is 14.9. The predicted octanol–water partition coefficient (Wildman–Crippen LogP) is 3.96. The summed E-state index contributed by atoms with van der Waals surface area (Å²) in [4.78, 5) is 23.1. The van der Waals surface area contributed by atoms with Gasteiger partial charge in [-0.1, -0.05) is 29.3 Å². The van der Waals surface area contributed by atoms with Crippen LogP contribution in [0.15, 0.2) is 36.4 Å². The molecule has 0 spiro atoms. The number of rotatable bonds is 5. The first kappa shape index (κ1) is 20.4. The third-order valence-corrected chi connectivity index (χ3v) is 5.58. The SMILES string of the molecule is Nc1ccc(C(=O)NCC2(c3ccc(Cl)cc3Cl)CCOCC2)cc1[N+](=O)[O-]. The maximum Gasteiger partial charge on any atom is 0.292 e. The Morgan fingerprint density at radius 2 is 1.93 bits per heavy atom. The van der Waals surface area contributed by atoms with Crippen molar-refractivity contribution in [3.05, 3.63) is 67.7 Å². The molecule has 2 aromatic carbocycles. The fourth-order valence-electron chi connectivity index (χ4n) is 3.42. The van der Waals surface area contributed by atoms with Crippen LogP contribution in [0.25, 0.3) is 0 Å². The van der Waals surface area contributed by atoms with E-state index in [9.17, 15) is 14.9 Å². The molecular formula is C19H19Cl2N3O4. The highest BCUT2D eigenvalue weighted by molar-refractivity contribution is 6.35. The van der Waals surface area contributed by atoms with Crippen molar-refractivity contribution in [3.8, 4) is 0 Å². The van der Waals surface area contributed by atoms with Crippen molar-refractivity contribution in [1.82, 2.24) is 5.32 Å². The summed E-state index contributed by atoms with van der Waals surface area (Å²) >= 11 is 12.4. The van der Waals surface area contributed by atoms with E-state index in [0.717, 1.165) is 5.56 Å². The van der Waals surface area contributed by atoms with Gasteiger partial charge in [-0.3, -0.25) is 14.9 Å². The van der Waals surface area contributed by atoms with Crippen molar-refractivity contribution in [2.45, 2.75) is 18.3 Å². The lowest BCUT2D eigenvalue weighted by Gasteiger charge is -2.38. The number of carbonyl (C=O) groups is 1. The molecule has 7 nitrogen and oxygen atoms in total. The molecule has 28 heavy (non-hydrogen) atoms. The number of nitrogen functional groups attached to an aromatic ring is 1. The summed E-state index contributed by atoms with van der Waals surface area (Å²) in [6.07, 6.45) is 1.35. The number of nitrogens with one attached hydrogen (secondary N) is 1. The van der Waals surface area contributed by atoms with Crippen molar-refractivity contribution in [3.63, 3.8) is 0 Å². The number of hydrogen-bond donors (Lipinski definition) is 2. The Hall–Kier alpha value is -2.35. The van der Waals surface area contributed by atoms with Gasteiger partial charge in [0.15, 0.2) is 0 Å². The van der Waals surface area contributed by atoms with Crippen LogP contribution in [0, 0.1) is 10.1 Å². The molecule has 0 aromatic heterocycles. The first-order chi connectivity index (χ1) is 13.3. The van der Waals surface area contributed by atoms with Gasteiger partial charge < -0.3 is 15.8 Å². The number of nitro benzene ring substituents is 1. The van der Waals surface area contributed by atoms with Gasteiger partial charge in [-0.15, -0.1) is 0 Å². The minimum absolute atomic E-state index is 0.00963. The van der Waals surface area contributed by atoms with Crippen LogP contribution in [-0.4, -0.2) is 30.6 Å². The Morgan fingerprint density at radius 3 is 2.57 bits per heavy atom. The molecule has 0 atom stereocenters. The number of hydrogen-bond acceptors (Lipinski definition) is 5. The van der Waals surface area contributed by atoms with Crippen molar-refractivity contribution in [1.29, 1.82) is 0 Å². The molecule has 148 valence electrons. The van der Waals surface area contributed by atoms with Gasteiger partial charge in [0.2, 0.25) is 0 Å². The Morgan fingerprint density at radius 1 is 1.21 bits per heavy atom. The minimum atomic E-state index is -0.612. The molecule has 0 bridgehead atoms. The highest BCUT2D eigenvalue weighted by Crippen LogP contribution is 2.39. The molecule has 1 aliphatic heterocycles. The number of anilines is 1. The number of halogens is 2. The number of ether oxygens (including phenoxy) is 1. The lowest BCUT2D eigenvalue weighted by Crippen LogP contribution is -2.44. The fraction of sp³-hybridized carbons (Fsp3) is 0.316. The maximum atomic E-state index is 12.6. The van der Waals surface area contributed by atoms with Crippen LogP contribution in [0.5, 0.6) is 0 Å². The smallest absolute Gasteiger partial charge is 0.292 e. The highest BCUT2D eigenvalue weighted by atomic mass is 35.5. The van der Waals surface area contributed by atoms with Gasteiger partial charge in [-0.25, -0.2) is 0 Å². The van der Waals surface area contributed by atoms with Crippen LogP contribution in [0.2, 0.25) is 10.0 Å². The molecule has 9 heteroatoms. The summed E-state index contributed by atoms with van der Waals surface area (Å²) < 4.78 is 5.49. The number of benzene rings is 2. The maximum absolute atomic E-state index is 12.6. The second kappa shape index (κ2) is 8.34. The number of amides is 1. The lowest BCUT2D eigenvalue weighted by atomic mass is 9.74. The van der Waals surface area contributed by atoms with Crippen molar-refractivity contribution in [2.75, 3.05) is 25.5 Å². The van der Waals surface area contributed by atoms with Crippen molar-refractivity contribution in [2.24, 2.45) is 0 Å². The number of nitro groups is 1. The molecule has 0 saturated carbocycles. The van der Waals surface area contributed by atoms with Crippen LogP contribution >= 0.6 is 23.2 Å². The second-order valence-corrected chi connectivity index (χ2v) is 7.57. The summed E-state index contributed by atoms with van der Waals surface area (Å²) in [5.41, 5.74) is 5.97. The second-order valence-electron chi connectivity index (χ2n) is 6.73. The van der Waals surface area contributed by atoms with Crippen LogP contribution in [0.1, 0.15) is 28.8 Å². The Balaban J connectivity index is 1.84. The van der Waals surface area contributed by atoms with Gasteiger partial charge >= 0.3 is 0 Å². The zero-order valence-corrected chi connectivity index (χ0v) is 16.4. The molecular weight excluding hydrogens is 405 g/mol. The molecule has 1 aliphatic rings. The van der Waals surface area contributed by atoms with Crippen LogP contribution < -0.4 is 11.1 Å². The first-order valence-corrected chi connectivity index (χ1v) is 9.43. The Bertz CT molecular complexity index is 914. The molecule has 0 aliphatic carbocycles. The topological polar surface area (TPSA) is 107 Å². The van der Waals surface area contributed by atoms with E-state index in [4.69, 9.17) is 33.7 Å². The summed E-state index contributed by atoms with van der Waals surface area (Å²) in [5.74, 6) is -0.418. The molecule has 0 unspecified atom stereocenters. The van der Waals surface area contributed by atoms with E-state index in [1.54, 1.807) is 12.1 Å². The van der Waals surface area contributed by atoms with E-state index < -0.39 is 16.2 Å². The number of nitrogens with zero attached hydrogens (tertiary/aromatic N) is 1. The lowest BCUT2D eigenvalue weighted by molar-refractivity contribution is -0.383. The first-order valence-electron chi connectivity index (χ1n) is 8.68. The molecule has 3 rings (SSSR count). The summed E-state index contributed by atoms with van der Waals surface area (Å²) in [5, 5.41) is 15.0. The Kier molecular flexibility index (Phi) is 6.07. The summed E-state index contributed by atoms with van der Waals surface area (Å²) in [7, 11) is 0. The van der Waals surface area contributed by atoms with Crippen LogP contribution in [-0.2, 0) is 10.2 Å². The Labute approximate surface area is 171 Å². The molecule has 1 saturated heterocycles. The average molecular weight is 424 g/mol. The van der Waals surface area contributed by atoms with E-state index in [-0.39, 0.29) is 16.9 Å². The van der Waals surface area contributed by atoms with E-state index in [1.807, 2.05) is 6.07 Å². The van der Waals surface area contributed by atoms with Gasteiger partial charge in [-0.2, -0.15) is 0 Å². The van der Waals surface area contributed by atoms with E-state index in [0.29, 0.717) is 42.6 Å². The molecule has 1 fully saturated rings. The fourth-order valence-corrected chi connectivity index (χ4v) is 4.03. The van der Waals surface area contributed by atoms with Crippen LogP contribution in [0.4, 0.5) is 11.4 Å². The summed E-state index contributed by atoms with van der Waals surface area (Å²) in [6.45, 7) is 1.40. The quantitative estimate of drug-likeness (QED) is 0.429. The number of nitrogens with two attached hydrogens (primary N) is 1. The molecule has 3 N–H and O–H groups in total. The monoisotopic (exact) mass is 423 g/mol. The van der Waals surface area contributed by atoms with Gasteiger partial charge in [0.05, 0.1) is 4.92 Å². The molecule has 1 heterocycles. The molecule has 2 aromatic rings. The number of carbonyl (C=O) groups excluding carboxylic acids is 1. The highest BCUT2D eigenvalue weighted by Gasteiger charge is 2.36. The van der Waals surface area contributed by atoms with Gasteiger partial charge in [0, 0.05) is 46.8 Å². The largest absolute Gasteiger partial charge is 0.393 e. The third-order valence-electron chi connectivity index (χ3n) is 5.03. The van der Waals surface area contributed by atoms with Crippen LogP contribution in [0.3, 0.4) is 0 Å². The average Bonchev–Trinajstić information content (AvgIpc) is 2.67. The van der Waals surface area contributed by atoms with E-state index in [1.165, 1.54) is 18.2 Å². The van der Waals surface area contributed by atoms with Gasteiger partial charge in [-0.05, 0) is 42.7 Å². The minimum Gasteiger partial charge on any atom is -0.393 e. The van der Waals surface area contributed by atoms with E-state index >= 15 is 0 Å². The van der Waals surface area contributed by atoms with Gasteiger partial charge in [0.1, 0.15) is 5.69 Å². The molecule has 1 amide bonds. The molecule has 0 radical (unpaired) electrons. The zero-order chi connectivity index (χ0) is 20.3. The third kappa shape index (κ3) is 4.22. The van der Waals surface area contributed by atoms with Gasteiger partial charge in [0.25, 0.3) is 11.6 Å². The predicted molar refractivity (Wildman–Crippen MR) is 108 cm³/mol. The normalized spacial score (nSPS) is 15.8. The standard InChI is InChI=1S/C19H19Cl2N3O4/c20-13-2-3-14(15(21)10-13)19(5-7-28-8-6-19)11-23-18(25)12-1-4-16(22)17(9-12)24(26)27/h1-4,9-10H,5-8,11,22H2,(H,23,25). The summed E-state index contributed by atoms with van der Waals surface area (Å²) in [6, 6.07) is 9.32. The van der Waals surface area contributed by atoms with Crippen molar-refractivity contribution >= 4 is 40.5 Å². The van der Waals surface area contributed by atoms with Crippen molar-refractivity contribution < 1.29 is 14.5 Å².